The van der Waals surface area contributed by atoms with E-state index >= 15 is 0 Å². The minimum absolute atomic E-state index is 0.655. The number of imidazole rings is 1. The molecule has 0 radical (unpaired) electrons. The third-order valence-electron chi connectivity index (χ3n) is 2.32. The zero-order chi connectivity index (χ0) is 12.7. The topological polar surface area (TPSA) is 56.1 Å². The van der Waals surface area contributed by atoms with E-state index in [1.54, 1.807) is 13.4 Å². The first-order valence-corrected chi connectivity index (χ1v) is 7.43. The molecule has 0 aliphatic heterocycles. The van der Waals surface area contributed by atoms with Crippen molar-refractivity contribution in [3.05, 3.63) is 11.9 Å². The van der Waals surface area contributed by atoms with Gasteiger partial charge in [0.05, 0.1) is 5.69 Å². The van der Waals surface area contributed by atoms with E-state index in [0.717, 1.165) is 37.8 Å². The summed E-state index contributed by atoms with van der Waals surface area (Å²) < 4.78 is 18.1. The lowest BCUT2D eigenvalue weighted by molar-refractivity contribution is 0.197. The van der Waals surface area contributed by atoms with Crippen LogP contribution in [0.2, 0.25) is 0 Å². The summed E-state index contributed by atoms with van der Waals surface area (Å²) in [5.41, 5.74) is 0.973. The fourth-order valence-electron chi connectivity index (χ4n) is 1.50. The van der Waals surface area contributed by atoms with E-state index in [-0.39, 0.29) is 0 Å². The second-order valence-corrected chi connectivity index (χ2v) is 5.50. The number of methoxy groups -OCH3 is 1. The molecule has 0 bridgehead atoms. The summed E-state index contributed by atoms with van der Waals surface area (Å²) in [5.74, 6) is 1.51. The molecular weight excluding hydrogens is 238 g/mol. The molecule has 1 aromatic rings. The Morgan fingerprint density at radius 1 is 1.59 bits per heavy atom. The molecule has 0 spiro atoms. The van der Waals surface area contributed by atoms with Crippen molar-refractivity contribution in [1.29, 1.82) is 0 Å². The van der Waals surface area contributed by atoms with Crippen LogP contribution in [0.5, 0.6) is 0 Å². The van der Waals surface area contributed by atoms with Crippen molar-refractivity contribution in [3.8, 4) is 0 Å². The van der Waals surface area contributed by atoms with E-state index in [2.05, 4.69) is 10.3 Å². The average molecular weight is 259 g/mol. The zero-order valence-corrected chi connectivity index (χ0v) is 11.5. The molecule has 1 heterocycles. The lowest BCUT2D eigenvalue weighted by Crippen LogP contribution is -2.12. The van der Waals surface area contributed by atoms with Gasteiger partial charge in [-0.1, -0.05) is 0 Å². The molecule has 17 heavy (non-hydrogen) atoms. The number of nitrogens with zero attached hydrogens (tertiary/aromatic N) is 2. The van der Waals surface area contributed by atoms with Crippen LogP contribution in [0.25, 0.3) is 0 Å². The number of aryl methyl sites for hydroxylation is 2. The van der Waals surface area contributed by atoms with Crippen LogP contribution in [0.4, 0.5) is 5.95 Å². The van der Waals surface area contributed by atoms with Gasteiger partial charge >= 0.3 is 0 Å². The third kappa shape index (κ3) is 5.32. The van der Waals surface area contributed by atoms with Crippen molar-refractivity contribution in [1.82, 2.24) is 9.55 Å². The van der Waals surface area contributed by atoms with Gasteiger partial charge in [0.25, 0.3) is 0 Å². The molecule has 0 amide bonds. The number of aromatic nitrogens is 2. The summed E-state index contributed by atoms with van der Waals surface area (Å²) in [5, 5.41) is 3.27. The van der Waals surface area contributed by atoms with Crippen molar-refractivity contribution in [3.63, 3.8) is 0 Å². The Hall–Kier alpha value is -0.880. The molecule has 0 aliphatic rings. The molecule has 1 unspecified atom stereocenters. The van der Waals surface area contributed by atoms with E-state index in [1.165, 1.54) is 0 Å². The molecule has 1 aromatic heterocycles. The Morgan fingerprint density at radius 2 is 2.35 bits per heavy atom. The van der Waals surface area contributed by atoms with Gasteiger partial charge in [0.2, 0.25) is 5.95 Å². The SMILES string of the molecule is COCCCNc1nc(C)cn1CCS(C)=O. The Labute approximate surface area is 105 Å². The van der Waals surface area contributed by atoms with Gasteiger partial charge in [0, 0.05) is 55.8 Å². The molecule has 0 aliphatic carbocycles. The standard InChI is InChI=1S/C11H21N3O2S/c1-10-9-14(6-8-17(3)15)11(13-10)12-5-4-7-16-2/h9H,4-8H2,1-3H3,(H,12,13). The van der Waals surface area contributed by atoms with Crippen LogP contribution in [-0.2, 0) is 22.1 Å². The molecule has 0 fully saturated rings. The molecule has 1 rings (SSSR count). The van der Waals surface area contributed by atoms with Gasteiger partial charge in [0.1, 0.15) is 0 Å². The Bertz CT molecular complexity index is 366. The fourth-order valence-corrected chi connectivity index (χ4v) is 1.96. The van der Waals surface area contributed by atoms with Gasteiger partial charge in [-0.25, -0.2) is 4.98 Å². The van der Waals surface area contributed by atoms with Gasteiger partial charge in [-0.2, -0.15) is 0 Å². The zero-order valence-electron chi connectivity index (χ0n) is 10.7. The number of rotatable bonds is 8. The Kier molecular flexibility index (Phi) is 6.21. The molecule has 5 nitrogen and oxygen atoms in total. The number of nitrogens with one attached hydrogen (secondary N) is 1. The van der Waals surface area contributed by atoms with E-state index in [1.807, 2.05) is 17.7 Å². The molecule has 0 aromatic carbocycles. The molecule has 1 atom stereocenters. The van der Waals surface area contributed by atoms with Gasteiger partial charge < -0.3 is 14.6 Å². The summed E-state index contributed by atoms with van der Waals surface area (Å²) in [6.07, 6.45) is 4.64. The highest BCUT2D eigenvalue weighted by Crippen LogP contribution is 2.08. The molecule has 0 saturated carbocycles. The second-order valence-electron chi connectivity index (χ2n) is 3.95. The normalized spacial score (nSPS) is 12.6. The molecule has 6 heteroatoms. The largest absolute Gasteiger partial charge is 0.385 e. The van der Waals surface area contributed by atoms with Crippen LogP contribution in [-0.4, -0.2) is 46.0 Å². The number of ether oxygens (including phenoxy) is 1. The molecule has 0 saturated heterocycles. The maximum absolute atomic E-state index is 11.1. The molecular formula is C11H21N3O2S. The minimum atomic E-state index is -0.770. The molecule has 98 valence electrons. The summed E-state index contributed by atoms with van der Waals surface area (Å²) in [6, 6.07) is 0. The second kappa shape index (κ2) is 7.45. The van der Waals surface area contributed by atoms with E-state index < -0.39 is 10.8 Å². The van der Waals surface area contributed by atoms with Crippen LogP contribution < -0.4 is 5.32 Å². The average Bonchev–Trinajstić information content (AvgIpc) is 2.62. The number of hydrogen-bond donors (Lipinski definition) is 1. The van der Waals surface area contributed by atoms with Crippen LogP contribution >= 0.6 is 0 Å². The monoisotopic (exact) mass is 259 g/mol. The summed E-state index contributed by atoms with van der Waals surface area (Å²) in [6.45, 7) is 4.27. The van der Waals surface area contributed by atoms with Crippen molar-refractivity contribution < 1.29 is 8.95 Å². The van der Waals surface area contributed by atoms with Gasteiger partial charge in [0.15, 0.2) is 0 Å². The number of anilines is 1. The molecule has 1 N–H and O–H groups in total. The highest BCUT2D eigenvalue weighted by atomic mass is 32.2. The van der Waals surface area contributed by atoms with E-state index in [4.69, 9.17) is 4.74 Å². The van der Waals surface area contributed by atoms with Crippen LogP contribution in [0.3, 0.4) is 0 Å². The van der Waals surface area contributed by atoms with Crippen LogP contribution in [0, 0.1) is 6.92 Å². The Morgan fingerprint density at radius 3 is 3.00 bits per heavy atom. The van der Waals surface area contributed by atoms with E-state index in [0.29, 0.717) is 5.75 Å². The quantitative estimate of drug-likeness (QED) is 0.708. The van der Waals surface area contributed by atoms with Crippen molar-refractivity contribution >= 4 is 16.7 Å². The first-order valence-electron chi connectivity index (χ1n) is 5.70. The van der Waals surface area contributed by atoms with E-state index in [9.17, 15) is 4.21 Å². The Balaban J connectivity index is 2.48. The number of hydrogen-bond acceptors (Lipinski definition) is 4. The van der Waals surface area contributed by atoms with Crippen LogP contribution in [0.15, 0.2) is 6.20 Å². The highest BCUT2D eigenvalue weighted by molar-refractivity contribution is 7.84. The first-order chi connectivity index (χ1) is 8.13. The lowest BCUT2D eigenvalue weighted by Gasteiger charge is -2.08. The highest BCUT2D eigenvalue weighted by Gasteiger charge is 2.05. The van der Waals surface area contributed by atoms with Gasteiger partial charge in [-0.05, 0) is 13.3 Å². The lowest BCUT2D eigenvalue weighted by atomic mass is 10.4. The predicted molar refractivity (Wildman–Crippen MR) is 70.9 cm³/mol. The summed E-state index contributed by atoms with van der Waals surface area (Å²) >= 11 is 0. The van der Waals surface area contributed by atoms with Crippen LogP contribution in [0.1, 0.15) is 12.1 Å². The fraction of sp³-hybridized carbons (Fsp3) is 0.727. The first kappa shape index (κ1) is 14.2. The smallest absolute Gasteiger partial charge is 0.203 e. The van der Waals surface area contributed by atoms with Gasteiger partial charge in [-0.15, -0.1) is 0 Å². The maximum Gasteiger partial charge on any atom is 0.203 e. The summed E-state index contributed by atoms with van der Waals surface area (Å²) in [7, 11) is 0.926. The minimum Gasteiger partial charge on any atom is -0.385 e. The van der Waals surface area contributed by atoms with Crippen molar-refractivity contribution in [2.24, 2.45) is 0 Å². The van der Waals surface area contributed by atoms with Gasteiger partial charge in [-0.3, -0.25) is 4.21 Å². The summed E-state index contributed by atoms with van der Waals surface area (Å²) in [4.78, 5) is 4.40. The van der Waals surface area contributed by atoms with Crippen molar-refractivity contribution in [2.75, 3.05) is 37.6 Å². The third-order valence-corrected chi connectivity index (χ3v) is 3.08. The predicted octanol–water partition coefficient (Wildman–Crippen LogP) is 1.02. The maximum atomic E-state index is 11.1. The van der Waals surface area contributed by atoms with Crippen molar-refractivity contribution in [2.45, 2.75) is 19.9 Å².